The normalized spacial score (nSPS) is 18.8. The summed E-state index contributed by atoms with van der Waals surface area (Å²) in [5, 5.41) is 3.49. The van der Waals surface area contributed by atoms with E-state index in [4.69, 9.17) is 5.73 Å². The van der Waals surface area contributed by atoms with Gasteiger partial charge < -0.3 is 11.1 Å². The molecule has 0 unspecified atom stereocenters. The van der Waals surface area contributed by atoms with Gasteiger partial charge in [0, 0.05) is 6.42 Å². The summed E-state index contributed by atoms with van der Waals surface area (Å²) >= 11 is 0. The van der Waals surface area contributed by atoms with E-state index in [1.54, 1.807) is 0 Å². The predicted molar refractivity (Wildman–Crippen MR) is 77.4 cm³/mol. The van der Waals surface area contributed by atoms with Crippen LogP contribution >= 0.6 is 0 Å². The second kappa shape index (κ2) is 6.91. The average Bonchev–Trinajstić information content (AvgIpc) is 2.40. The number of nitrogens with two attached hydrogens (primary N) is 1. The molecule has 2 heteroatoms. The second-order valence-corrected chi connectivity index (χ2v) is 5.71. The molecule has 0 heterocycles. The van der Waals surface area contributed by atoms with Gasteiger partial charge in [-0.3, -0.25) is 0 Å². The molecule has 1 fully saturated rings. The zero-order valence-corrected chi connectivity index (χ0v) is 11.5. The van der Waals surface area contributed by atoms with Gasteiger partial charge in [-0.1, -0.05) is 49.1 Å². The highest BCUT2D eigenvalue weighted by molar-refractivity contribution is 5.21. The minimum Gasteiger partial charge on any atom is -0.316 e. The fourth-order valence-corrected chi connectivity index (χ4v) is 2.76. The van der Waals surface area contributed by atoms with Gasteiger partial charge >= 0.3 is 0 Å². The first-order valence-corrected chi connectivity index (χ1v) is 7.28. The van der Waals surface area contributed by atoms with Gasteiger partial charge in [-0.15, -0.1) is 0 Å². The Morgan fingerprint density at radius 1 is 1.17 bits per heavy atom. The lowest BCUT2D eigenvalue weighted by atomic mass is 9.89. The van der Waals surface area contributed by atoms with Crippen LogP contribution in [-0.4, -0.2) is 12.7 Å². The Kier molecular flexibility index (Phi) is 5.21. The van der Waals surface area contributed by atoms with Gasteiger partial charge in [-0.2, -0.15) is 0 Å². The molecule has 1 aliphatic carbocycles. The van der Waals surface area contributed by atoms with Crippen LogP contribution in [0.4, 0.5) is 0 Å². The summed E-state index contributed by atoms with van der Waals surface area (Å²) < 4.78 is 0. The van der Waals surface area contributed by atoms with Crippen molar-refractivity contribution in [1.29, 1.82) is 0 Å². The number of rotatable bonds is 5. The quantitative estimate of drug-likeness (QED) is 0.784. The molecule has 0 bridgehead atoms. The van der Waals surface area contributed by atoms with Crippen LogP contribution in [0.15, 0.2) is 24.3 Å². The lowest BCUT2D eigenvalue weighted by Crippen LogP contribution is -2.42. The minimum absolute atomic E-state index is 0.0923. The lowest BCUT2D eigenvalue weighted by Gasteiger charge is -2.24. The lowest BCUT2D eigenvalue weighted by molar-refractivity contribution is 0.327. The van der Waals surface area contributed by atoms with E-state index >= 15 is 0 Å². The van der Waals surface area contributed by atoms with Crippen molar-refractivity contribution in [2.75, 3.05) is 6.54 Å². The molecule has 0 aromatic heterocycles. The maximum absolute atomic E-state index is 6.15. The van der Waals surface area contributed by atoms with E-state index in [0.29, 0.717) is 0 Å². The SMILES string of the molecule is Cc1ccc(C[C@@H](N)NCC2CCCCC2)cc1. The molecule has 1 saturated carbocycles. The van der Waals surface area contributed by atoms with E-state index in [1.807, 2.05) is 0 Å². The highest BCUT2D eigenvalue weighted by atomic mass is 15.0. The van der Waals surface area contributed by atoms with Gasteiger partial charge in [-0.05, 0) is 37.8 Å². The Morgan fingerprint density at radius 3 is 2.50 bits per heavy atom. The van der Waals surface area contributed by atoms with Crippen LogP contribution in [0.2, 0.25) is 0 Å². The maximum Gasteiger partial charge on any atom is 0.0587 e. The molecule has 0 aliphatic heterocycles. The van der Waals surface area contributed by atoms with Gasteiger partial charge in [-0.25, -0.2) is 0 Å². The largest absolute Gasteiger partial charge is 0.316 e. The van der Waals surface area contributed by atoms with Crippen LogP contribution in [-0.2, 0) is 6.42 Å². The Bertz CT molecular complexity index is 339. The van der Waals surface area contributed by atoms with E-state index in [1.165, 1.54) is 43.2 Å². The van der Waals surface area contributed by atoms with Crippen LogP contribution in [0.5, 0.6) is 0 Å². The smallest absolute Gasteiger partial charge is 0.0587 e. The molecule has 0 amide bonds. The summed E-state index contributed by atoms with van der Waals surface area (Å²) in [6, 6.07) is 8.67. The molecule has 18 heavy (non-hydrogen) atoms. The highest BCUT2D eigenvalue weighted by Crippen LogP contribution is 2.22. The van der Waals surface area contributed by atoms with E-state index in [-0.39, 0.29) is 6.17 Å². The Morgan fingerprint density at radius 2 is 1.83 bits per heavy atom. The third kappa shape index (κ3) is 4.43. The van der Waals surface area contributed by atoms with E-state index in [0.717, 1.165) is 18.9 Å². The molecule has 2 nitrogen and oxygen atoms in total. The third-order valence-electron chi connectivity index (χ3n) is 3.97. The molecule has 0 saturated heterocycles. The summed E-state index contributed by atoms with van der Waals surface area (Å²) in [4.78, 5) is 0. The monoisotopic (exact) mass is 246 g/mol. The Balaban J connectivity index is 1.71. The van der Waals surface area contributed by atoms with Gasteiger partial charge in [0.25, 0.3) is 0 Å². The first-order chi connectivity index (χ1) is 8.74. The predicted octanol–water partition coefficient (Wildman–Crippen LogP) is 2.99. The van der Waals surface area contributed by atoms with Crippen molar-refractivity contribution in [2.24, 2.45) is 11.7 Å². The van der Waals surface area contributed by atoms with E-state index in [2.05, 4.69) is 36.5 Å². The molecule has 1 aliphatic rings. The summed E-state index contributed by atoms with van der Waals surface area (Å²) in [5.74, 6) is 0.850. The van der Waals surface area contributed by atoms with Gasteiger partial charge in [0.2, 0.25) is 0 Å². The van der Waals surface area contributed by atoms with Crippen molar-refractivity contribution in [3.8, 4) is 0 Å². The number of hydrogen-bond acceptors (Lipinski definition) is 2. The molecule has 1 aromatic carbocycles. The van der Waals surface area contributed by atoms with Gasteiger partial charge in [0.15, 0.2) is 0 Å². The van der Waals surface area contributed by atoms with Crippen molar-refractivity contribution in [3.63, 3.8) is 0 Å². The summed E-state index contributed by atoms with van der Waals surface area (Å²) in [5.41, 5.74) is 8.78. The molecule has 1 atom stereocenters. The number of aryl methyl sites for hydroxylation is 1. The number of hydrogen-bond donors (Lipinski definition) is 2. The average molecular weight is 246 g/mol. The fraction of sp³-hybridized carbons (Fsp3) is 0.625. The third-order valence-corrected chi connectivity index (χ3v) is 3.97. The molecule has 0 radical (unpaired) electrons. The second-order valence-electron chi connectivity index (χ2n) is 5.71. The van der Waals surface area contributed by atoms with E-state index < -0.39 is 0 Å². The zero-order chi connectivity index (χ0) is 12.8. The van der Waals surface area contributed by atoms with Crippen molar-refractivity contribution in [1.82, 2.24) is 5.32 Å². The molecule has 0 spiro atoms. The summed E-state index contributed by atoms with van der Waals surface area (Å²) in [7, 11) is 0. The Labute approximate surface area is 111 Å². The van der Waals surface area contributed by atoms with Crippen molar-refractivity contribution in [2.45, 2.75) is 51.6 Å². The van der Waals surface area contributed by atoms with Crippen LogP contribution in [0, 0.1) is 12.8 Å². The summed E-state index contributed by atoms with van der Waals surface area (Å²) in [6.07, 6.45) is 8.00. The van der Waals surface area contributed by atoms with Gasteiger partial charge in [0.05, 0.1) is 6.17 Å². The van der Waals surface area contributed by atoms with Crippen molar-refractivity contribution < 1.29 is 0 Å². The minimum atomic E-state index is 0.0923. The highest BCUT2D eigenvalue weighted by Gasteiger charge is 2.14. The molecule has 100 valence electrons. The Hall–Kier alpha value is -0.860. The molecule has 3 N–H and O–H groups in total. The number of nitrogens with one attached hydrogen (secondary N) is 1. The molecular weight excluding hydrogens is 220 g/mol. The summed E-state index contributed by atoms with van der Waals surface area (Å²) in [6.45, 7) is 3.21. The van der Waals surface area contributed by atoms with Crippen LogP contribution in [0.3, 0.4) is 0 Å². The van der Waals surface area contributed by atoms with E-state index in [9.17, 15) is 0 Å². The topological polar surface area (TPSA) is 38.0 Å². The first kappa shape index (κ1) is 13.6. The fourth-order valence-electron chi connectivity index (χ4n) is 2.76. The van der Waals surface area contributed by atoms with Crippen LogP contribution < -0.4 is 11.1 Å². The molecule has 2 rings (SSSR count). The maximum atomic E-state index is 6.15. The van der Waals surface area contributed by atoms with Crippen molar-refractivity contribution >= 4 is 0 Å². The number of benzene rings is 1. The molecular formula is C16H26N2. The standard InChI is InChI=1S/C16H26N2/c1-13-7-9-14(10-8-13)11-16(17)18-12-15-5-3-2-4-6-15/h7-10,15-16,18H,2-6,11-12,17H2,1H3/t16-/m0/s1. The van der Waals surface area contributed by atoms with Crippen LogP contribution in [0.25, 0.3) is 0 Å². The van der Waals surface area contributed by atoms with Gasteiger partial charge in [0.1, 0.15) is 0 Å². The first-order valence-electron chi connectivity index (χ1n) is 7.28. The molecule has 1 aromatic rings. The zero-order valence-electron chi connectivity index (χ0n) is 11.5. The van der Waals surface area contributed by atoms with Crippen LogP contribution in [0.1, 0.15) is 43.2 Å². The van der Waals surface area contributed by atoms with Crippen molar-refractivity contribution in [3.05, 3.63) is 35.4 Å².